The van der Waals surface area contributed by atoms with Crippen molar-refractivity contribution in [3.8, 4) is 5.75 Å². The Balaban J connectivity index is 1.70. The third-order valence-electron chi connectivity index (χ3n) is 6.49. The van der Waals surface area contributed by atoms with E-state index in [0.717, 1.165) is 34.7 Å². The Morgan fingerprint density at radius 1 is 1.06 bits per heavy atom. The van der Waals surface area contributed by atoms with Crippen LogP contribution in [-0.4, -0.2) is 10.5 Å². The molecule has 0 amide bonds. The summed E-state index contributed by atoms with van der Waals surface area (Å²) in [7, 11) is 0. The number of aromatic nitrogens is 1. The van der Waals surface area contributed by atoms with E-state index in [-0.39, 0.29) is 12.0 Å². The van der Waals surface area contributed by atoms with Crippen molar-refractivity contribution in [1.82, 2.24) is 4.57 Å². The molecular weight excluding hydrogens is 394 g/mol. The predicted molar refractivity (Wildman–Crippen MR) is 116 cm³/mol. The molecule has 0 unspecified atom stereocenters. The minimum atomic E-state index is -0.545. The van der Waals surface area contributed by atoms with Crippen LogP contribution < -0.4 is 15.9 Å². The van der Waals surface area contributed by atoms with Gasteiger partial charge in [-0.2, -0.15) is 0 Å². The van der Waals surface area contributed by atoms with Gasteiger partial charge in [-0.05, 0) is 54.5 Å². The second kappa shape index (κ2) is 6.41. The highest BCUT2D eigenvalue weighted by Gasteiger charge is 2.34. The van der Waals surface area contributed by atoms with Gasteiger partial charge in [-0.15, -0.1) is 0 Å². The zero-order valence-electron chi connectivity index (χ0n) is 16.9. The van der Waals surface area contributed by atoms with Crippen LogP contribution >= 0.6 is 0 Å². The van der Waals surface area contributed by atoms with Crippen molar-refractivity contribution in [3.63, 3.8) is 0 Å². The van der Waals surface area contributed by atoms with Crippen LogP contribution in [0.2, 0.25) is 0 Å². The molecule has 0 saturated carbocycles. The highest BCUT2D eigenvalue weighted by Crippen LogP contribution is 2.43. The maximum atomic E-state index is 13.6. The molecule has 2 aromatic heterocycles. The number of benzene rings is 2. The molecule has 0 N–H and O–H groups in total. The Bertz CT molecular complexity index is 1540. The largest absolute Gasteiger partial charge is 0.426 e. The first-order chi connectivity index (χ1) is 15.0. The number of ether oxygens (including phenoxy) is 1. The lowest BCUT2D eigenvalue weighted by molar-refractivity contribution is -0.135. The highest BCUT2D eigenvalue weighted by atomic mass is 16.5. The molecule has 0 fully saturated rings. The van der Waals surface area contributed by atoms with Gasteiger partial charge in [-0.1, -0.05) is 18.2 Å². The fourth-order valence-corrected chi connectivity index (χ4v) is 5.14. The third-order valence-corrected chi connectivity index (χ3v) is 6.49. The van der Waals surface area contributed by atoms with Crippen LogP contribution in [-0.2, 0) is 17.8 Å². The molecule has 2 aliphatic heterocycles. The Morgan fingerprint density at radius 2 is 1.94 bits per heavy atom. The van der Waals surface area contributed by atoms with Crippen molar-refractivity contribution in [2.45, 2.75) is 38.6 Å². The molecule has 0 saturated heterocycles. The molecule has 6 nitrogen and oxygen atoms in total. The van der Waals surface area contributed by atoms with Gasteiger partial charge < -0.3 is 13.7 Å². The molecule has 6 rings (SSSR count). The maximum absolute atomic E-state index is 13.6. The topological polar surface area (TPSA) is 78.5 Å². The van der Waals surface area contributed by atoms with Crippen LogP contribution in [0.5, 0.6) is 5.75 Å². The molecule has 154 valence electrons. The number of aryl methyl sites for hydroxylation is 3. The summed E-state index contributed by atoms with van der Waals surface area (Å²) in [5.41, 5.74) is 3.85. The quantitative estimate of drug-likeness (QED) is 0.269. The van der Waals surface area contributed by atoms with Gasteiger partial charge in [-0.25, -0.2) is 4.79 Å². The summed E-state index contributed by atoms with van der Waals surface area (Å²) in [4.78, 5) is 38.2. The number of hydrogen-bond acceptors (Lipinski definition) is 5. The number of para-hydroxylation sites is 1. The molecule has 1 atom stereocenters. The monoisotopic (exact) mass is 413 g/mol. The minimum Gasteiger partial charge on any atom is -0.426 e. The van der Waals surface area contributed by atoms with E-state index in [2.05, 4.69) is 6.07 Å². The van der Waals surface area contributed by atoms with E-state index in [1.807, 2.05) is 29.7 Å². The van der Waals surface area contributed by atoms with E-state index >= 15 is 0 Å². The second-order valence-electron chi connectivity index (χ2n) is 8.35. The van der Waals surface area contributed by atoms with Gasteiger partial charge in [0.1, 0.15) is 11.3 Å². The van der Waals surface area contributed by atoms with E-state index in [1.165, 1.54) is 11.6 Å². The van der Waals surface area contributed by atoms with Crippen molar-refractivity contribution < 1.29 is 13.9 Å². The van der Waals surface area contributed by atoms with Crippen LogP contribution in [0.4, 0.5) is 0 Å². The van der Waals surface area contributed by atoms with Gasteiger partial charge in [0.05, 0.1) is 11.9 Å². The molecule has 6 heteroatoms. The lowest BCUT2D eigenvalue weighted by Crippen LogP contribution is -2.31. The normalized spacial score (nSPS) is 17.6. The highest BCUT2D eigenvalue weighted by molar-refractivity contribution is 5.90. The molecule has 4 heterocycles. The van der Waals surface area contributed by atoms with Gasteiger partial charge in [0, 0.05) is 35.0 Å². The minimum absolute atomic E-state index is 0.0181. The van der Waals surface area contributed by atoms with Crippen molar-refractivity contribution in [3.05, 3.63) is 85.5 Å². The number of fused-ring (bicyclic) bond motifs is 3. The van der Waals surface area contributed by atoms with E-state index in [1.54, 1.807) is 12.1 Å². The number of rotatable bonds is 1. The number of pyridine rings is 1. The van der Waals surface area contributed by atoms with Crippen molar-refractivity contribution >= 4 is 27.8 Å². The summed E-state index contributed by atoms with van der Waals surface area (Å²) in [6.45, 7) is 2.49. The number of carbonyl (C=O) groups is 1. The second-order valence-corrected chi connectivity index (χ2v) is 8.35. The van der Waals surface area contributed by atoms with E-state index in [4.69, 9.17) is 9.15 Å². The molecule has 2 aliphatic rings. The third kappa shape index (κ3) is 2.61. The summed E-state index contributed by atoms with van der Waals surface area (Å²) in [5.74, 6) is -0.607. The van der Waals surface area contributed by atoms with Crippen molar-refractivity contribution in [2.24, 2.45) is 0 Å². The Hall–Kier alpha value is -3.67. The molecule has 0 aliphatic carbocycles. The molecule has 0 spiro atoms. The van der Waals surface area contributed by atoms with Gasteiger partial charge in [-0.3, -0.25) is 9.59 Å². The Kier molecular flexibility index (Phi) is 3.75. The average molecular weight is 413 g/mol. The summed E-state index contributed by atoms with van der Waals surface area (Å²) >= 11 is 0. The molecule has 2 aromatic carbocycles. The van der Waals surface area contributed by atoms with Crippen LogP contribution in [0.15, 0.2) is 56.5 Å². The van der Waals surface area contributed by atoms with E-state index < -0.39 is 17.5 Å². The van der Waals surface area contributed by atoms with Crippen LogP contribution in [0, 0.1) is 6.92 Å². The number of hydrogen-bond donors (Lipinski definition) is 0. The van der Waals surface area contributed by atoms with Crippen LogP contribution in [0.25, 0.3) is 21.9 Å². The summed E-state index contributed by atoms with van der Waals surface area (Å²) in [6.07, 6.45) is 1.86. The van der Waals surface area contributed by atoms with Gasteiger partial charge in [0.15, 0.2) is 0 Å². The molecule has 0 radical (unpaired) electrons. The van der Waals surface area contributed by atoms with Gasteiger partial charge >= 0.3 is 11.6 Å². The van der Waals surface area contributed by atoms with Gasteiger partial charge in [0.2, 0.25) is 0 Å². The first kappa shape index (κ1) is 18.1. The number of esters is 1. The van der Waals surface area contributed by atoms with Crippen LogP contribution in [0.1, 0.15) is 41.0 Å². The maximum Gasteiger partial charge on any atom is 0.336 e. The van der Waals surface area contributed by atoms with E-state index in [9.17, 15) is 14.4 Å². The SMILES string of the molecule is Cc1cc(=O)oc2c3c(ccc12)OC(=O)C[C@@H]3c1cc2cccc3c2n(c1=O)CCC3. The van der Waals surface area contributed by atoms with Crippen LogP contribution in [0.3, 0.4) is 0 Å². The zero-order valence-corrected chi connectivity index (χ0v) is 16.9. The lowest BCUT2D eigenvalue weighted by atomic mass is 9.84. The summed E-state index contributed by atoms with van der Waals surface area (Å²) in [6, 6.07) is 12.9. The zero-order chi connectivity index (χ0) is 21.3. The first-order valence-corrected chi connectivity index (χ1v) is 10.4. The fraction of sp³-hybridized carbons (Fsp3) is 0.240. The summed E-state index contributed by atoms with van der Waals surface area (Å²) in [5, 5.41) is 1.75. The Morgan fingerprint density at radius 3 is 2.81 bits per heavy atom. The number of carbonyl (C=O) groups excluding carboxylic acids is 1. The smallest absolute Gasteiger partial charge is 0.336 e. The predicted octanol–water partition coefficient (Wildman–Crippen LogP) is 3.80. The molecule has 0 bridgehead atoms. The lowest BCUT2D eigenvalue weighted by Gasteiger charge is -2.27. The van der Waals surface area contributed by atoms with Crippen molar-refractivity contribution in [2.75, 3.05) is 0 Å². The molecule has 4 aromatic rings. The van der Waals surface area contributed by atoms with E-state index in [0.29, 0.717) is 29.0 Å². The standard InChI is InChI=1S/C25H19NO5/c1-13-10-20(27)31-24-16(13)7-8-19-22(24)17(12-21(28)30-19)18-11-15-5-2-4-14-6-3-9-26(23(14)15)25(18)29/h2,4-5,7-8,10-11,17H,3,6,9,12H2,1H3/t17-/m1/s1. The Labute approximate surface area is 176 Å². The summed E-state index contributed by atoms with van der Waals surface area (Å²) < 4.78 is 12.9. The number of nitrogens with zero attached hydrogens (tertiary/aromatic N) is 1. The van der Waals surface area contributed by atoms with Gasteiger partial charge in [0.25, 0.3) is 5.56 Å². The average Bonchev–Trinajstić information content (AvgIpc) is 2.75. The van der Waals surface area contributed by atoms with Crippen molar-refractivity contribution in [1.29, 1.82) is 0 Å². The first-order valence-electron chi connectivity index (χ1n) is 10.4. The molecule has 31 heavy (non-hydrogen) atoms. The molecular formula is C25H19NO5. The fourth-order valence-electron chi connectivity index (χ4n) is 5.14.